The van der Waals surface area contributed by atoms with E-state index in [2.05, 4.69) is 0 Å². The maximum Gasteiger partial charge on any atom is 0.295 e. The van der Waals surface area contributed by atoms with Crippen LogP contribution in [0.25, 0.3) is 5.76 Å². The summed E-state index contributed by atoms with van der Waals surface area (Å²) in [5.74, 6) is 0.428. The van der Waals surface area contributed by atoms with Crippen LogP contribution >= 0.6 is 0 Å². The van der Waals surface area contributed by atoms with E-state index in [1.807, 2.05) is 97.9 Å². The number of ketones is 1. The Kier molecular flexibility index (Phi) is 6.37. The smallest absolute Gasteiger partial charge is 0.295 e. The zero-order chi connectivity index (χ0) is 26.9. The number of para-hydroxylation sites is 1. The van der Waals surface area contributed by atoms with Gasteiger partial charge in [0.1, 0.15) is 29.1 Å². The molecule has 4 aromatic carbocycles. The SMILES string of the molecule is C[C@H]1Cc2cc(C(O)=C3C(=O)C(=O)N(Cc4ccccc4)[C@@H]3c3cccc(Oc4ccccc4)c3)ccc2O1. The number of fused-ring (bicyclic) bond motifs is 1. The fourth-order valence-electron chi connectivity index (χ4n) is 5.27. The van der Waals surface area contributed by atoms with E-state index < -0.39 is 17.7 Å². The van der Waals surface area contributed by atoms with Crippen molar-refractivity contribution in [3.63, 3.8) is 0 Å². The Morgan fingerprint density at radius 3 is 2.38 bits per heavy atom. The second kappa shape index (κ2) is 10.1. The molecule has 0 aliphatic carbocycles. The average Bonchev–Trinajstić information content (AvgIpc) is 3.45. The Morgan fingerprint density at radius 1 is 0.897 bits per heavy atom. The molecule has 0 unspecified atom stereocenters. The van der Waals surface area contributed by atoms with Crippen LogP contribution in [0.1, 0.15) is 35.2 Å². The summed E-state index contributed by atoms with van der Waals surface area (Å²) >= 11 is 0. The molecule has 2 heterocycles. The predicted molar refractivity (Wildman–Crippen MR) is 147 cm³/mol. The molecule has 2 atom stereocenters. The molecule has 2 aliphatic heterocycles. The highest BCUT2D eigenvalue weighted by Gasteiger charge is 2.46. The highest BCUT2D eigenvalue weighted by atomic mass is 16.5. The minimum atomic E-state index is -0.798. The van der Waals surface area contributed by atoms with Crippen molar-refractivity contribution in [1.29, 1.82) is 0 Å². The molecule has 0 saturated carbocycles. The molecule has 1 fully saturated rings. The lowest BCUT2D eigenvalue weighted by Gasteiger charge is -2.26. The predicted octanol–water partition coefficient (Wildman–Crippen LogP) is 6.42. The van der Waals surface area contributed by atoms with Gasteiger partial charge in [0.15, 0.2) is 0 Å². The minimum absolute atomic E-state index is 0.0428. The molecule has 0 radical (unpaired) electrons. The number of carbonyl (C=O) groups is 2. The highest BCUT2D eigenvalue weighted by Crippen LogP contribution is 2.42. The first kappa shape index (κ1) is 24.5. The second-order valence-electron chi connectivity index (χ2n) is 9.86. The number of amides is 1. The van der Waals surface area contributed by atoms with Crippen LogP contribution < -0.4 is 9.47 Å². The number of hydrogen-bond acceptors (Lipinski definition) is 5. The summed E-state index contributed by atoms with van der Waals surface area (Å²) in [5, 5.41) is 11.5. The lowest BCUT2D eigenvalue weighted by Crippen LogP contribution is -2.29. The topological polar surface area (TPSA) is 76.1 Å². The molecule has 4 aromatic rings. The summed E-state index contributed by atoms with van der Waals surface area (Å²) in [5.41, 5.74) is 3.04. The first-order valence-electron chi connectivity index (χ1n) is 12.9. The van der Waals surface area contributed by atoms with Crippen molar-refractivity contribution in [1.82, 2.24) is 4.90 Å². The van der Waals surface area contributed by atoms with Crippen LogP contribution in [0.3, 0.4) is 0 Å². The number of likely N-dealkylation sites (tertiary alicyclic amines) is 1. The van der Waals surface area contributed by atoms with Gasteiger partial charge in [0.2, 0.25) is 0 Å². The van der Waals surface area contributed by atoms with Crippen molar-refractivity contribution in [2.45, 2.75) is 32.0 Å². The zero-order valence-electron chi connectivity index (χ0n) is 21.4. The number of rotatable bonds is 6. The van der Waals surface area contributed by atoms with Crippen molar-refractivity contribution in [3.8, 4) is 17.2 Å². The maximum absolute atomic E-state index is 13.5. The Morgan fingerprint density at radius 2 is 1.62 bits per heavy atom. The largest absolute Gasteiger partial charge is 0.507 e. The summed E-state index contributed by atoms with van der Waals surface area (Å²) in [6.07, 6.45) is 0.752. The van der Waals surface area contributed by atoms with Crippen molar-refractivity contribution in [2.75, 3.05) is 0 Å². The number of Topliss-reactive ketones (excluding diaryl/α,β-unsaturated/α-hetero) is 1. The molecule has 0 bridgehead atoms. The third kappa shape index (κ3) is 4.77. The van der Waals surface area contributed by atoms with Gasteiger partial charge in [0.25, 0.3) is 11.7 Å². The molecule has 6 rings (SSSR count). The van der Waals surface area contributed by atoms with Gasteiger partial charge in [-0.05, 0) is 66.1 Å². The number of aliphatic hydroxyl groups is 1. The zero-order valence-corrected chi connectivity index (χ0v) is 21.4. The van der Waals surface area contributed by atoms with Gasteiger partial charge >= 0.3 is 0 Å². The van der Waals surface area contributed by atoms with Crippen LogP contribution in [0.2, 0.25) is 0 Å². The molecule has 1 amide bonds. The van der Waals surface area contributed by atoms with Gasteiger partial charge < -0.3 is 19.5 Å². The first-order valence-corrected chi connectivity index (χ1v) is 12.9. The fourth-order valence-corrected chi connectivity index (χ4v) is 5.27. The van der Waals surface area contributed by atoms with E-state index in [4.69, 9.17) is 9.47 Å². The van der Waals surface area contributed by atoms with Crippen molar-refractivity contribution in [3.05, 3.63) is 131 Å². The average molecular weight is 518 g/mol. The number of aliphatic hydroxyl groups excluding tert-OH is 1. The molecule has 39 heavy (non-hydrogen) atoms. The molecule has 0 aromatic heterocycles. The van der Waals surface area contributed by atoms with Crippen molar-refractivity contribution < 1.29 is 24.2 Å². The molecule has 1 saturated heterocycles. The minimum Gasteiger partial charge on any atom is -0.507 e. The molecule has 0 spiro atoms. The van der Waals surface area contributed by atoms with Crippen LogP contribution in [0.5, 0.6) is 17.2 Å². The number of hydrogen-bond donors (Lipinski definition) is 1. The lowest BCUT2D eigenvalue weighted by atomic mass is 9.94. The standard InChI is InChI=1S/C33H27NO5/c1-21-17-25-18-24(15-16-28(25)38-21)31(35)29-30(34(33(37)32(29)36)20-22-9-4-2-5-10-22)23-11-8-14-27(19-23)39-26-12-6-3-7-13-26/h2-16,18-19,21,30,35H,17,20H2,1H3/t21-,30+/m0/s1. The van der Waals surface area contributed by atoms with E-state index in [0.29, 0.717) is 29.0 Å². The van der Waals surface area contributed by atoms with Crippen molar-refractivity contribution in [2.24, 2.45) is 0 Å². The molecule has 2 aliphatic rings. The lowest BCUT2D eigenvalue weighted by molar-refractivity contribution is -0.140. The normalized spacial score (nSPS) is 19.6. The van der Waals surface area contributed by atoms with Crippen LogP contribution in [0, 0.1) is 0 Å². The van der Waals surface area contributed by atoms with E-state index in [1.54, 1.807) is 12.1 Å². The summed E-state index contributed by atoms with van der Waals surface area (Å²) < 4.78 is 11.8. The molecule has 1 N–H and O–H groups in total. The Balaban J connectivity index is 1.45. The quantitative estimate of drug-likeness (QED) is 0.181. The molecular weight excluding hydrogens is 490 g/mol. The van der Waals surface area contributed by atoms with Gasteiger partial charge in [0.05, 0.1) is 11.6 Å². The summed E-state index contributed by atoms with van der Waals surface area (Å²) in [6, 6.07) is 30.8. The highest BCUT2D eigenvalue weighted by molar-refractivity contribution is 6.46. The van der Waals surface area contributed by atoms with Crippen molar-refractivity contribution >= 4 is 17.4 Å². The van der Waals surface area contributed by atoms with Gasteiger partial charge in [-0.15, -0.1) is 0 Å². The maximum atomic E-state index is 13.5. The van der Waals surface area contributed by atoms with E-state index >= 15 is 0 Å². The van der Waals surface area contributed by atoms with Gasteiger partial charge in [0, 0.05) is 18.5 Å². The molecule has 6 heteroatoms. The fraction of sp³-hybridized carbons (Fsp3) is 0.152. The van der Waals surface area contributed by atoms with E-state index in [0.717, 1.165) is 16.9 Å². The first-order chi connectivity index (χ1) is 19.0. The monoisotopic (exact) mass is 517 g/mol. The van der Waals surface area contributed by atoms with Gasteiger partial charge in [-0.3, -0.25) is 9.59 Å². The summed E-state index contributed by atoms with van der Waals surface area (Å²) in [6.45, 7) is 2.20. The Labute approximate surface area is 226 Å². The van der Waals surface area contributed by atoms with E-state index in [9.17, 15) is 14.7 Å². The Bertz CT molecular complexity index is 1580. The summed E-state index contributed by atoms with van der Waals surface area (Å²) in [4.78, 5) is 28.4. The third-order valence-corrected chi connectivity index (χ3v) is 7.06. The van der Waals surface area contributed by atoms with Gasteiger partial charge in [-0.25, -0.2) is 0 Å². The number of carbonyl (C=O) groups excluding carboxylic acids is 2. The Hall–Kier alpha value is -4.84. The molecular formula is C33H27NO5. The number of ether oxygens (including phenoxy) is 2. The van der Waals surface area contributed by atoms with E-state index in [1.165, 1.54) is 4.90 Å². The molecule has 194 valence electrons. The van der Waals surface area contributed by atoms with Crippen LogP contribution in [-0.2, 0) is 22.6 Å². The van der Waals surface area contributed by atoms with Gasteiger partial charge in [-0.1, -0.05) is 60.7 Å². The molecule has 6 nitrogen and oxygen atoms in total. The third-order valence-electron chi connectivity index (χ3n) is 7.06. The van der Waals surface area contributed by atoms with Crippen LogP contribution in [-0.4, -0.2) is 27.8 Å². The van der Waals surface area contributed by atoms with Crippen LogP contribution in [0.4, 0.5) is 0 Å². The van der Waals surface area contributed by atoms with Gasteiger partial charge in [-0.2, -0.15) is 0 Å². The summed E-state index contributed by atoms with van der Waals surface area (Å²) in [7, 11) is 0. The number of benzene rings is 4. The van der Waals surface area contributed by atoms with E-state index in [-0.39, 0.29) is 24.0 Å². The second-order valence-corrected chi connectivity index (χ2v) is 9.86. The number of nitrogens with zero attached hydrogens (tertiary/aromatic N) is 1. The van der Waals surface area contributed by atoms with Crippen LogP contribution in [0.15, 0.2) is 109 Å².